The number of hydrogen-bond donors (Lipinski definition) is 3. The molecule has 0 aromatic rings. The summed E-state index contributed by atoms with van der Waals surface area (Å²) in [5.41, 5.74) is 0. The molecule has 6 heteroatoms. The van der Waals surface area contributed by atoms with Gasteiger partial charge in [-0.3, -0.25) is 9.59 Å². The van der Waals surface area contributed by atoms with E-state index in [1.54, 1.807) is 6.08 Å². The van der Waals surface area contributed by atoms with Crippen LogP contribution in [0.25, 0.3) is 0 Å². The highest BCUT2D eigenvalue weighted by molar-refractivity contribution is 5.76. The molecular weight excluding hydrogens is 899 g/mol. The largest absolute Gasteiger partial charge is 0.466 e. The van der Waals surface area contributed by atoms with E-state index in [9.17, 15) is 19.8 Å². The number of hydrogen-bond acceptors (Lipinski definition) is 5. The third kappa shape index (κ3) is 59.4. The van der Waals surface area contributed by atoms with Gasteiger partial charge in [0.25, 0.3) is 0 Å². The topological polar surface area (TPSA) is 95.9 Å². The van der Waals surface area contributed by atoms with Crippen LogP contribution in [0.1, 0.15) is 367 Å². The maximum atomic E-state index is 12.5. The van der Waals surface area contributed by atoms with Crippen molar-refractivity contribution in [3.63, 3.8) is 0 Å². The summed E-state index contributed by atoms with van der Waals surface area (Å²) in [6.07, 6.45) is 78.0. The van der Waals surface area contributed by atoms with Crippen LogP contribution in [-0.4, -0.2) is 47.4 Å². The molecule has 73 heavy (non-hydrogen) atoms. The minimum absolute atomic E-state index is 0.00203. The first-order valence-corrected chi connectivity index (χ1v) is 33.1. The standard InChI is InChI=1S/C67H129NO5/c1-3-5-7-9-11-13-15-17-19-21-22-23-24-25-26-28-31-35-39-43-47-51-55-59-65(70)64(63-69)68-66(71)60-56-52-48-44-40-36-32-29-27-30-34-38-42-46-50-54-58-62-73-67(72)61-57-53-49-45-41-37-33-20-18-16-14-12-10-8-6-4-2/h20,33,55,59,64-65,69-70H,3-19,21-32,34-54,56-58,60-63H2,1-2H3,(H,68,71)/b33-20-,59-55+. The van der Waals surface area contributed by atoms with Gasteiger partial charge in [0.1, 0.15) is 0 Å². The summed E-state index contributed by atoms with van der Waals surface area (Å²) in [6.45, 7) is 4.92. The Morgan fingerprint density at radius 2 is 0.644 bits per heavy atom. The first-order valence-electron chi connectivity index (χ1n) is 33.1. The lowest BCUT2D eigenvalue weighted by molar-refractivity contribution is -0.143. The molecular formula is C67H129NO5. The second-order valence-corrected chi connectivity index (χ2v) is 22.8. The fraction of sp³-hybridized carbons (Fsp3) is 0.910. The quantitative estimate of drug-likeness (QED) is 0.0320. The molecule has 0 spiro atoms. The Balaban J connectivity index is 3.44. The minimum Gasteiger partial charge on any atom is -0.466 e. The molecule has 0 aliphatic carbocycles. The lowest BCUT2D eigenvalue weighted by atomic mass is 10.0. The fourth-order valence-electron chi connectivity index (χ4n) is 10.4. The average molecular weight is 1030 g/mol. The molecule has 0 aromatic carbocycles. The second kappa shape index (κ2) is 62.9. The van der Waals surface area contributed by atoms with Crippen molar-refractivity contribution in [3.8, 4) is 0 Å². The van der Waals surface area contributed by atoms with Crippen molar-refractivity contribution in [3.05, 3.63) is 24.3 Å². The number of unbranched alkanes of at least 4 members (excludes halogenated alkanes) is 49. The number of carbonyl (C=O) groups excluding carboxylic acids is 2. The van der Waals surface area contributed by atoms with Crippen LogP contribution >= 0.6 is 0 Å². The third-order valence-corrected chi connectivity index (χ3v) is 15.5. The van der Waals surface area contributed by atoms with Gasteiger partial charge in [-0.1, -0.05) is 321 Å². The summed E-state index contributed by atoms with van der Waals surface area (Å²) in [7, 11) is 0. The Kier molecular flexibility index (Phi) is 61.4. The van der Waals surface area contributed by atoms with Gasteiger partial charge in [0.15, 0.2) is 0 Å². The van der Waals surface area contributed by atoms with Gasteiger partial charge in [-0.2, -0.15) is 0 Å². The maximum absolute atomic E-state index is 12.5. The molecule has 0 fully saturated rings. The van der Waals surface area contributed by atoms with Crippen LogP contribution < -0.4 is 5.32 Å². The Morgan fingerprint density at radius 3 is 0.973 bits per heavy atom. The van der Waals surface area contributed by atoms with Gasteiger partial charge in [-0.15, -0.1) is 0 Å². The summed E-state index contributed by atoms with van der Waals surface area (Å²) >= 11 is 0. The van der Waals surface area contributed by atoms with E-state index in [0.29, 0.717) is 19.4 Å². The van der Waals surface area contributed by atoms with Crippen LogP contribution in [0.15, 0.2) is 24.3 Å². The minimum atomic E-state index is -0.849. The molecule has 0 bridgehead atoms. The van der Waals surface area contributed by atoms with Crippen LogP contribution in [0.5, 0.6) is 0 Å². The zero-order chi connectivity index (χ0) is 52.9. The van der Waals surface area contributed by atoms with E-state index in [1.807, 2.05) is 6.08 Å². The van der Waals surface area contributed by atoms with Crippen molar-refractivity contribution in [2.24, 2.45) is 0 Å². The zero-order valence-electron chi connectivity index (χ0n) is 49.4. The van der Waals surface area contributed by atoms with Crippen molar-refractivity contribution in [1.82, 2.24) is 5.32 Å². The van der Waals surface area contributed by atoms with Crippen LogP contribution in [0, 0.1) is 0 Å². The van der Waals surface area contributed by atoms with Gasteiger partial charge in [0.05, 0.1) is 25.4 Å². The van der Waals surface area contributed by atoms with Crippen molar-refractivity contribution in [2.45, 2.75) is 379 Å². The Labute approximate surface area is 456 Å². The molecule has 2 unspecified atom stereocenters. The van der Waals surface area contributed by atoms with Gasteiger partial charge in [0, 0.05) is 12.8 Å². The smallest absolute Gasteiger partial charge is 0.305 e. The van der Waals surface area contributed by atoms with Crippen molar-refractivity contribution in [2.75, 3.05) is 13.2 Å². The van der Waals surface area contributed by atoms with Gasteiger partial charge in [-0.05, 0) is 57.8 Å². The monoisotopic (exact) mass is 1030 g/mol. The summed E-state index contributed by atoms with van der Waals surface area (Å²) in [5.74, 6) is -0.0716. The van der Waals surface area contributed by atoms with Gasteiger partial charge >= 0.3 is 5.97 Å². The van der Waals surface area contributed by atoms with Crippen LogP contribution in [-0.2, 0) is 14.3 Å². The number of carbonyl (C=O) groups is 2. The first-order chi connectivity index (χ1) is 36.0. The van der Waals surface area contributed by atoms with E-state index in [1.165, 1.54) is 295 Å². The first kappa shape index (κ1) is 71.3. The molecule has 3 N–H and O–H groups in total. The number of ether oxygens (including phenoxy) is 1. The van der Waals surface area contributed by atoms with E-state index in [2.05, 4.69) is 31.3 Å². The highest BCUT2D eigenvalue weighted by atomic mass is 16.5. The number of aliphatic hydroxyl groups excluding tert-OH is 2. The second-order valence-electron chi connectivity index (χ2n) is 22.8. The molecule has 432 valence electrons. The van der Waals surface area contributed by atoms with Crippen molar-refractivity contribution < 1.29 is 24.5 Å². The van der Waals surface area contributed by atoms with Gasteiger partial charge < -0.3 is 20.3 Å². The fourth-order valence-corrected chi connectivity index (χ4v) is 10.4. The predicted octanol–water partition coefficient (Wildman–Crippen LogP) is 21.0. The summed E-state index contributed by atoms with van der Waals surface area (Å²) in [5, 5.41) is 23.2. The molecule has 2 atom stereocenters. The van der Waals surface area contributed by atoms with Crippen molar-refractivity contribution in [1.29, 1.82) is 0 Å². The molecule has 1 amide bonds. The molecule has 0 heterocycles. The van der Waals surface area contributed by atoms with Crippen LogP contribution in [0.4, 0.5) is 0 Å². The highest BCUT2D eigenvalue weighted by Crippen LogP contribution is 2.18. The number of esters is 1. The van der Waals surface area contributed by atoms with E-state index in [-0.39, 0.29) is 18.5 Å². The molecule has 0 radical (unpaired) electrons. The molecule has 6 nitrogen and oxygen atoms in total. The van der Waals surface area contributed by atoms with Gasteiger partial charge in [0.2, 0.25) is 5.91 Å². The van der Waals surface area contributed by atoms with Crippen LogP contribution in [0.3, 0.4) is 0 Å². The van der Waals surface area contributed by atoms with Crippen LogP contribution in [0.2, 0.25) is 0 Å². The molecule has 0 saturated heterocycles. The zero-order valence-corrected chi connectivity index (χ0v) is 49.4. The maximum Gasteiger partial charge on any atom is 0.305 e. The SMILES string of the molecule is CCCCCCCCC/C=C\CCCCCCCC(=O)OCCCCCCCCCCCCCCCCCCCC(=O)NC(CO)C(O)/C=C/CCCCCCCCCCCCCCCCCCCCCCC. The van der Waals surface area contributed by atoms with E-state index < -0.39 is 12.1 Å². The van der Waals surface area contributed by atoms with Gasteiger partial charge in [-0.25, -0.2) is 0 Å². The highest BCUT2D eigenvalue weighted by Gasteiger charge is 2.18. The Hall–Kier alpha value is -1.66. The number of amides is 1. The molecule has 0 saturated carbocycles. The normalized spacial score (nSPS) is 12.7. The molecule has 0 rings (SSSR count). The Bertz CT molecular complexity index is 1140. The lowest BCUT2D eigenvalue weighted by Gasteiger charge is -2.20. The molecule has 0 aromatic heterocycles. The number of allylic oxidation sites excluding steroid dienone is 3. The summed E-state index contributed by atoms with van der Waals surface area (Å²) < 4.78 is 5.49. The lowest BCUT2D eigenvalue weighted by Crippen LogP contribution is -2.45. The van der Waals surface area contributed by atoms with Crippen molar-refractivity contribution >= 4 is 11.9 Å². The average Bonchev–Trinajstić information content (AvgIpc) is 3.39. The number of aliphatic hydroxyl groups is 2. The third-order valence-electron chi connectivity index (χ3n) is 15.5. The Morgan fingerprint density at radius 1 is 0.370 bits per heavy atom. The number of nitrogens with one attached hydrogen (secondary N) is 1. The molecule has 0 aliphatic heterocycles. The summed E-state index contributed by atoms with van der Waals surface area (Å²) in [6, 6.07) is -0.633. The van der Waals surface area contributed by atoms with E-state index in [0.717, 1.165) is 44.9 Å². The predicted molar refractivity (Wildman–Crippen MR) is 320 cm³/mol. The molecule has 0 aliphatic rings. The number of rotatable bonds is 62. The van der Waals surface area contributed by atoms with E-state index in [4.69, 9.17) is 4.74 Å². The van der Waals surface area contributed by atoms with E-state index >= 15 is 0 Å². The summed E-state index contributed by atoms with van der Waals surface area (Å²) in [4.78, 5) is 24.6.